The van der Waals surface area contributed by atoms with E-state index >= 15 is 0 Å². The molecule has 0 saturated heterocycles. The van der Waals surface area contributed by atoms with E-state index in [1.54, 1.807) is 0 Å². The Bertz CT molecular complexity index is 979. The summed E-state index contributed by atoms with van der Waals surface area (Å²) >= 11 is 0. The highest BCUT2D eigenvalue weighted by Gasteiger charge is 2.24. The van der Waals surface area contributed by atoms with Crippen LogP contribution in [0.15, 0.2) is 55.1 Å². The fourth-order valence-electron chi connectivity index (χ4n) is 3.91. The van der Waals surface area contributed by atoms with E-state index in [4.69, 9.17) is 0 Å². The predicted molar refractivity (Wildman–Crippen MR) is 142 cm³/mol. The Labute approximate surface area is 202 Å². The Balaban J connectivity index is 2.15. The van der Waals surface area contributed by atoms with Crippen molar-refractivity contribution in [3.63, 3.8) is 0 Å². The van der Waals surface area contributed by atoms with Crippen molar-refractivity contribution < 1.29 is 4.57 Å². The molecule has 3 rings (SSSR count). The molecule has 2 heteroatoms. The molecule has 0 radical (unpaired) electrons. The van der Waals surface area contributed by atoms with Gasteiger partial charge in [0, 0.05) is 0 Å². The second kappa shape index (κ2) is 8.15. The van der Waals surface area contributed by atoms with Crippen molar-refractivity contribution in [2.75, 3.05) is 0 Å². The van der Waals surface area contributed by atoms with Gasteiger partial charge < -0.3 is 0 Å². The van der Waals surface area contributed by atoms with E-state index in [0.717, 1.165) is 0 Å². The van der Waals surface area contributed by atoms with Gasteiger partial charge in [-0.2, -0.15) is 0 Å². The molecule has 0 amide bonds. The Morgan fingerprint density at radius 1 is 0.515 bits per heavy atom. The number of hydrogen-bond acceptors (Lipinski definition) is 0. The molecule has 0 bridgehead atoms. The first-order chi connectivity index (χ1) is 14.9. The highest BCUT2D eigenvalue weighted by molar-refractivity contribution is 5.45. The molecule has 0 aliphatic rings. The molecule has 0 aliphatic heterocycles. The molecule has 0 N–H and O–H groups in total. The van der Waals surface area contributed by atoms with Crippen LogP contribution in [0, 0.1) is 0 Å². The largest absolute Gasteiger partial charge is 0.254 e. The van der Waals surface area contributed by atoms with Crippen LogP contribution in [0.5, 0.6) is 0 Å². The SMILES string of the molecule is CC(C)(C)c1cc(-n2cc[n+](-c3cc(C(C)(C)C)cc(C(C)(C)C)c3)c2)cc(C(C)(C)C)c1. The Kier molecular flexibility index (Phi) is 6.24. The number of nitrogens with zero attached hydrogens (tertiary/aromatic N) is 2. The summed E-state index contributed by atoms with van der Waals surface area (Å²) < 4.78 is 4.51. The van der Waals surface area contributed by atoms with E-state index in [1.807, 2.05) is 0 Å². The van der Waals surface area contributed by atoms with E-state index in [-0.39, 0.29) is 21.7 Å². The summed E-state index contributed by atoms with van der Waals surface area (Å²) in [5.41, 5.74) is 8.31. The number of imidazole rings is 1. The quantitative estimate of drug-likeness (QED) is 0.354. The van der Waals surface area contributed by atoms with Crippen molar-refractivity contribution in [1.82, 2.24) is 4.57 Å². The van der Waals surface area contributed by atoms with Crippen LogP contribution >= 0.6 is 0 Å². The molecule has 1 heterocycles. The molecular formula is C31H45N2+. The zero-order valence-electron chi connectivity index (χ0n) is 23.1. The van der Waals surface area contributed by atoms with Gasteiger partial charge in [-0.05, 0) is 68.2 Å². The molecule has 33 heavy (non-hydrogen) atoms. The third-order valence-corrected chi connectivity index (χ3v) is 6.53. The lowest BCUT2D eigenvalue weighted by Crippen LogP contribution is -2.29. The van der Waals surface area contributed by atoms with Crippen LogP contribution in [0.3, 0.4) is 0 Å². The van der Waals surface area contributed by atoms with Gasteiger partial charge in [-0.1, -0.05) is 95.2 Å². The third-order valence-electron chi connectivity index (χ3n) is 6.53. The topological polar surface area (TPSA) is 8.81 Å². The summed E-state index contributed by atoms with van der Waals surface area (Å²) in [5.74, 6) is 0. The molecule has 0 aliphatic carbocycles. The smallest absolute Gasteiger partial charge is 0.202 e. The average molecular weight is 446 g/mol. The minimum absolute atomic E-state index is 0.0990. The normalized spacial score (nSPS) is 13.5. The molecule has 1 aromatic heterocycles. The fourth-order valence-corrected chi connectivity index (χ4v) is 3.91. The summed E-state index contributed by atoms with van der Waals surface area (Å²) in [4.78, 5) is 0. The number of benzene rings is 2. The van der Waals surface area contributed by atoms with Gasteiger partial charge >= 0.3 is 0 Å². The van der Waals surface area contributed by atoms with Crippen LogP contribution in [0.25, 0.3) is 11.4 Å². The van der Waals surface area contributed by atoms with E-state index in [0.29, 0.717) is 0 Å². The first-order valence-corrected chi connectivity index (χ1v) is 12.3. The Hall–Kier alpha value is -2.35. The lowest BCUT2D eigenvalue weighted by molar-refractivity contribution is -0.594. The molecule has 2 aromatic carbocycles. The molecule has 0 spiro atoms. The maximum Gasteiger partial charge on any atom is 0.254 e. The predicted octanol–water partition coefficient (Wildman–Crippen LogP) is 7.94. The van der Waals surface area contributed by atoms with Gasteiger partial charge in [0.1, 0.15) is 23.8 Å². The van der Waals surface area contributed by atoms with Crippen LogP contribution < -0.4 is 4.57 Å². The van der Waals surface area contributed by atoms with Gasteiger partial charge in [0.2, 0.25) is 0 Å². The van der Waals surface area contributed by atoms with E-state index in [2.05, 4.69) is 147 Å². The van der Waals surface area contributed by atoms with Crippen LogP contribution in [-0.2, 0) is 21.7 Å². The number of rotatable bonds is 2. The van der Waals surface area contributed by atoms with Crippen molar-refractivity contribution in [1.29, 1.82) is 0 Å². The van der Waals surface area contributed by atoms with Crippen molar-refractivity contribution in [3.8, 4) is 11.4 Å². The van der Waals surface area contributed by atoms with Gasteiger partial charge in [-0.25, -0.2) is 9.13 Å². The lowest BCUT2D eigenvalue weighted by atomic mass is 9.80. The molecule has 178 valence electrons. The van der Waals surface area contributed by atoms with Crippen molar-refractivity contribution in [3.05, 3.63) is 77.4 Å². The van der Waals surface area contributed by atoms with Crippen LogP contribution in [-0.4, -0.2) is 4.57 Å². The molecule has 0 saturated carbocycles. The van der Waals surface area contributed by atoms with E-state index in [1.165, 1.54) is 33.6 Å². The first kappa shape index (κ1) is 25.3. The molecule has 2 nitrogen and oxygen atoms in total. The summed E-state index contributed by atoms with van der Waals surface area (Å²) in [7, 11) is 0. The van der Waals surface area contributed by atoms with Crippen LogP contribution in [0.2, 0.25) is 0 Å². The summed E-state index contributed by atoms with van der Waals surface area (Å²) in [6.07, 6.45) is 6.56. The summed E-state index contributed by atoms with van der Waals surface area (Å²) in [6.45, 7) is 27.5. The first-order valence-electron chi connectivity index (χ1n) is 12.3. The molecule has 3 aromatic rings. The third kappa shape index (κ3) is 5.78. The summed E-state index contributed by atoms with van der Waals surface area (Å²) in [6, 6.07) is 14.1. The zero-order valence-corrected chi connectivity index (χ0v) is 23.1. The van der Waals surface area contributed by atoms with Gasteiger partial charge in [0.05, 0.1) is 0 Å². The maximum atomic E-state index is 2.38. The standard InChI is InChI=1S/C31H45N2/c1-28(2,3)22-15-23(29(4,5)6)18-26(17-22)32-13-14-33(21-32)27-19-24(30(7,8)9)16-25(20-27)31(10,11)12/h13-21H,1-12H3/q+1. The van der Waals surface area contributed by atoms with Crippen molar-refractivity contribution >= 4 is 0 Å². The van der Waals surface area contributed by atoms with E-state index in [9.17, 15) is 0 Å². The Morgan fingerprint density at radius 2 is 0.879 bits per heavy atom. The van der Waals surface area contributed by atoms with Crippen LogP contribution in [0.1, 0.15) is 105 Å². The van der Waals surface area contributed by atoms with Gasteiger partial charge in [-0.15, -0.1) is 0 Å². The number of aromatic nitrogens is 2. The minimum atomic E-state index is 0.0990. The second-order valence-corrected chi connectivity index (χ2v) is 13.8. The van der Waals surface area contributed by atoms with Crippen molar-refractivity contribution in [2.45, 2.75) is 105 Å². The highest BCUT2D eigenvalue weighted by atomic mass is 15.1. The zero-order chi connectivity index (χ0) is 25.0. The molecule has 0 atom stereocenters. The van der Waals surface area contributed by atoms with Gasteiger partial charge in [0.25, 0.3) is 6.33 Å². The van der Waals surface area contributed by atoms with Gasteiger partial charge in [-0.3, -0.25) is 0 Å². The highest BCUT2D eigenvalue weighted by Crippen LogP contribution is 2.32. The summed E-state index contributed by atoms with van der Waals surface area (Å²) in [5, 5.41) is 0. The monoisotopic (exact) mass is 445 g/mol. The van der Waals surface area contributed by atoms with E-state index < -0.39 is 0 Å². The average Bonchev–Trinajstić information content (AvgIpc) is 3.15. The lowest BCUT2D eigenvalue weighted by Gasteiger charge is -2.25. The molecule has 0 unspecified atom stereocenters. The molecule has 0 fully saturated rings. The maximum absolute atomic E-state index is 2.38. The van der Waals surface area contributed by atoms with Gasteiger partial charge in [0.15, 0.2) is 0 Å². The second-order valence-electron chi connectivity index (χ2n) is 13.8. The fraction of sp³-hybridized carbons (Fsp3) is 0.516. The van der Waals surface area contributed by atoms with Crippen molar-refractivity contribution in [2.24, 2.45) is 0 Å². The van der Waals surface area contributed by atoms with Crippen LogP contribution in [0.4, 0.5) is 0 Å². The molecular weight excluding hydrogens is 400 g/mol. The Morgan fingerprint density at radius 3 is 1.24 bits per heavy atom. The minimum Gasteiger partial charge on any atom is -0.202 e. The number of hydrogen-bond donors (Lipinski definition) is 0.